The number of carbonyl (C=O) groups is 1. The molecule has 2 aromatic carbocycles. The molecule has 4 rings (SSSR count). The Labute approximate surface area is 183 Å². The molecule has 6 nitrogen and oxygen atoms in total. The Bertz CT molecular complexity index is 1260. The van der Waals surface area contributed by atoms with Crippen LogP contribution in [0.25, 0.3) is 20.7 Å². The summed E-state index contributed by atoms with van der Waals surface area (Å²) in [7, 11) is 1.63. The van der Waals surface area contributed by atoms with Crippen LogP contribution in [0.15, 0.2) is 65.5 Å². The molecule has 0 bridgehead atoms. The van der Waals surface area contributed by atoms with E-state index in [1.54, 1.807) is 11.7 Å². The number of primary amides is 1. The zero-order chi connectivity index (χ0) is 21.8. The lowest BCUT2D eigenvalue weighted by Gasteiger charge is -2.12. The van der Waals surface area contributed by atoms with E-state index in [1.807, 2.05) is 60.7 Å². The predicted octanol–water partition coefficient (Wildman–Crippen LogP) is 3.99. The maximum absolute atomic E-state index is 13.4. The number of carbonyl (C=O) groups excluding carboxylic acids is 1. The minimum atomic E-state index is -0.374. The van der Waals surface area contributed by atoms with Gasteiger partial charge in [-0.05, 0) is 35.7 Å². The summed E-state index contributed by atoms with van der Waals surface area (Å²) in [6.07, 6.45) is 1.23. The second-order valence-electron chi connectivity index (χ2n) is 7.28. The summed E-state index contributed by atoms with van der Waals surface area (Å²) >= 11 is 1.51. The fourth-order valence-electron chi connectivity index (χ4n) is 3.51. The van der Waals surface area contributed by atoms with Crippen LogP contribution in [0.1, 0.15) is 24.2 Å². The molecular weight excluding hydrogens is 410 g/mol. The highest BCUT2D eigenvalue weighted by Gasteiger charge is 2.15. The van der Waals surface area contributed by atoms with E-state index in [1.165, 1.54) is 11.3 Å². The van der Waals surface area contributed by atoms with Gasteiger partial charge >= 0.3 is 0 Å². The summed E-state index contributed by atoms with van der Waals surface area (Å²) in [6.45, 7) is 0.396. The van der Waals surface area contributed by atoms with E-state index < -0.39 is 0 Å². The Balaban J connectivity index is 1.76. The summed E-state index contributed by atoms with van der Waals surface area (Å²) in [5, 5.41) is 0.599. The van der Waals surface area contributed by atoms with Crippen LogP contribution in [-0.2, 0) is 17.8 Å². The molecule has 0 spiro atoms. The standard InChI is InChI=1S/C24H23N3O3S/c1-30-18-11-9-16(10-12-18)14-22-26-23-19(24(29)27(22)13-5-8-21(25)28)15-20(31-23)17-6-3-2-4-7-17/h2-4,6-7,9-12,15H,5,8,13-14H2,1H3,(H2,25,28). The van der Waals surface area contributed by atoms with E-state index in [0.717, 1.165) is 26.6 Å². The van der Waals surface area contributed by atoms with Crippen molar-refractivity contribution in [1.82, 2.24) is 9.55 Å². The minimum Gasteiger partial charge on any atom is -0.497 e. The van der Waals surface area contributed by atoms with Gasteiger partial charge in [-0.3, -0.25) is 14.2 Å². The summed E-state index contributed by atoms with van der Waals surface area (Å²) in [5.74, 6) is 1.08. The maximum Gasteiger partial charge on any atom is 0.262 e. The van der Waals surface area contributed by atoms with E-state index in [-0.39, 0.29) is 17.9 Å². The van der Waals surface area contributed by atoms with Gasteiger partial charge in [0.1, 0.15) is 16.4 Å². The lowest BCUT2D eigenvalue weighted by Crippen LogP contribution is -2.26. The van der Waals surface area contributed by atoms with Crippen molar-refractivity contribution in [1.29, 1.82) is 0 Å². The molecule has 0 saturated heterocycles. The highest BCUT2D eigenvalue weighted by atomic mass is 32.1. The number of nitrogens with zero attached hydrogens (tertiary/aromatic N) is 2. The Morgan fingerprint density at radius 3 is 2.55 bits per heavy atom. The lowest BCUT2D eigenvalue weighted by molar-refractivity contribution is -0.118. The van der Waals surface area contributed by atoms with Crippen molar-refractivity contribution in [3.8, 4) is 16.2 Å². The van der Waals surface area contributed by atoms with Crippen molar-refractivity contribution in [3.63, 3.8) is 0 Å². The Kier molecular flexibility index (Phi) is 6.13. The fraction of sp³-hybridized carbons (Fsp3) is 0.208. The molecule has 2 N–H and O–H groups in total. The summed E-state index contributed by atoms with van der Waals surface area (Å²) < 4.78 is 6.90. The van der Waals surface area contributed by atoms with Crippen LogP contribution >= 0.6 is 11.3 Å². The topological polar surface area (TPSA) is 87.2 Å². The summed E-state index contributed by atoms with van der Waals surface area (Å²) in [6, 6.07) is 19.6. The Morgan fingerprint density at radius 1 is 1.13 bits per heavy atom. The van der Waals surface area contributed by atoms with Crippen LogP contribution in [0.2, 0.25) is 0 Å². The number of methoxy groups -OCH3 is 1. The fourth-order valence-corrected chi connectivity index (χ4v) is 4.55. The first kappa shape index (κ1) is 20.8. The molecule has 1 amide bonds. The lowest BCUT2D eigenvalue weighted by atomic mass is 10.1. The van der Waals surface area contributed by atoms with Gasteiger partial charge in [0.2, 0.25) is 5.91 Å². The molecule has 0 atom stereocenters. The number of amides is 1. The third kappa shape index (κ3) is 4.67. The minimum absolute atomic E-state index is 0.0867. The number of rotatable bonds is 8. The number of fused-ring (bicyclic) bond motifs is 1. The molecule has 4 aromatic rings. The average Bonchev–Trinajstić information content (AvgIpc) is 3.21. The molecule has 0 radical (unpaired) electrons. The highest BCUT2D eigenvalue weighted by Crippen LogP contribution is 2.31. The Hall–Kier alpha value is -3.45. The van der Waals surface area contributed by atoms with Gasteiger partial charge in [-0.2, -0.15) is 0 Å². The molecule has 7 heteroatoms. The van der Waals surface area contributed by atoms with E-state index in [2.05, 4.69) is 0 Å². The first-order valence-corrected chi connectivity index (χ1v) is 10.9. The molecule has 31 heavy (non-hydrogen) atoms. The molecule has 0 aliphatic carbocycles. The van der Waals surface area contributed by atoms with Gasteiger partial charge < -0.3 is 10.5 Å². The SMILES string of the molecule is COc1ccc(Cc2nc3sc(-c4ccccc4)cc3c(=O)n2CCCC(N)=O)cc1. The van der Waals surface area contributed by atoms with Gasteiger partial charge in [0.25, 0.3) is 5.56 Å². The first-order chi connectivity index (χ1) is 15.0. The highest BCUT2D eigenvalue weighted by molar-refractivity contribution is 7.21. The van der Waals surface area contributed by atoms with Crippen molar-refractivity contribution in [2.75, 3.05) is 7.11 Å². The second kappa shape index (κ2) is 9.14. The molecule has 2 heterocycles. The number of ether oxygens (including phenoxy) is 1. The molecule has 0 fully saturated rings. The number of benzene rings is 2. The second-order valence-corrected chi connectivity index (χ2v) is 8.31. The van der Waals surface area contributed by atoms with Crippen molar-refractivity contribution in [3.05, 3.63) is 82.4 Å². The van der Waals surface area contributed by atoms with E-state index in [9.17, 15) is 9.59 Å². The number of nitrogens with two attached hydrogens (primary N) is 1. The first-order valence-electron chi connectivity index (χ1n) is 10.0. The molecule has 0 aliphatic heterocycles. The van der Waals surface area contributed by atoms with Gasteiger partial charge in [-0.1, -0.05) is 42.5 Å². The van der Waals surface area contributed by atoms with Crippen LogP contribution in [0, 0.1) is 0 Å². The predicted molar refractivity (Wildman–Crippen MR) is 124 cm³/mol. The summed E-state index contributed by atoms with van der Waals surface area (Å²) in [5.41, 5.74) is 7.28. The van der Waals surface area contributed by atoms with Crippen LogP contribution in [0.5, 0.6) is 5.75 Å². The third-order valence-corrected chi connectivity index (χ3v) is 6.19. The zero-order valence-corrected chi connectivity index (χ0v) is 18.0. The summed E-state index contributed by atoms with van der Waals surface area (Å²) in [4.78, 5) is 31.1. The monoisotopic (exact) mass is 433 g/mol. The third-order valence-electron chi connectivity index (χ3n) is 5.11. The van der Waals surface area contributed by atoms with Crippen molar-refractivity contribution < 1.29 is 9.53 Å². The van der Waals surface area contributed by atoms with E-state index >= 15 is 0 Å². The number of thiophene rings is 1. The quantitative estimate of drug-likeness (QED) is 0.455. The van der Waals surface area contributed by atoms with Crippen molar-refractivity contribution >= 4 is 27.5 Å². The average molecular weight is 434 g/mol. The maximum atomic E-state index is 13.4. The van der Waals surface area contributed by atoms with Crippen molar-refractivity contribution in [2.45, 2.75) is 25.8 Å². The van der Waals surface area contributed by atoms with Gasteiger partial charge in [0.05, 0.1) is 12.5 Å². The normalized spacial score (nSPS) is 11.0. The smallest absolute Gasteiger partial charge is 0.262 e. The molecular formula is C24H23N3O3S. The van der Waals surface area contributed by atoms with Gasteiger partial charge in [0.15, 0.2) is 0 Å². The number of aromatic nitrogens is 2. The zero-order valence-electron chi connectivity index (χ0n) is 17.2. The van der Waals surface area contributed by atoms with Crippen LogP contribution in [0.4, 0.5) is 0 Å². The van der Waals surface area contributed by atoms with Gasteiger partial charge in [0, 0.05) is 24.3 Å². The molecule has 0 unspecified atom stereocenters. The van der Waals surface area contributed by atoms with Crippen molar-refractivity contribution in [2.24, 2.45) is 5.73 Å². The number of hydrogen-bond acceptors (Lipinski definition) is 5. The van der Waals surface area contributed by atoms with Crippen LogP contribution < -0.4 is 16.0 Å². The molecule has 158 valence electrons. The van der Waals surface area contributed by atoms with Gasteiger partial charge in [-0.15, -0.1) is 11.3 Å². The Morgan fingerprint density at radius 2 is 1.87 bits per heavy atom. The van der Waals surface area contributed by atoms with E-state index in [0.29, 0.717) is 30.6 Å². The molecule has 2 aromatic heterocycles. The van der Waals surface area contributed by atoms with E-state index in [4.69, 9.17) is 15.5 Å². The number of hydrogen-bond donors (Lipinski definition) is 1. The molecule has 0 aliphatic rings. The molecule has 0 saturated carbocycles. The van der Waals surface area contributed by atoms with Crippen LogP contribution in [-0.4, -0.2) is 22.6 Å². The largest absolute Gasteiger partial charge is 0.497 e. The van der Waals surface area contributed by atoms with Gasteiger partial charge in [-0.25, -0.2) is 4.98 Å². The van der Waals surface area contributed by atoms with Crippen LogP contribution in [0.3, 0.4) is 0 Å².